The van der Waals surface area contributed by atoms with E-state index in [-0.39, 0.29) is 17.6 Å². The lowest BCUT2D eigenvalue weighted by molar-refractivity contribution is -0.0937. The zero-order chi connectivity index (χ0) is 13.3. The van der Waals surface area contributed by atoms with E-state index in [0.717, 1.165) is 0 Å². The lowest BCUT2D eigenvalue weighted by atomic mass is 9.83. The molecule has 0 bridgehead atoms. The number of hydrogen-bond donors (Lipinski definition) is 1. The third-order valence-electron chi connectivity index (χ3n) is 3.27. The Bertz CT molecular complexity index is 276. The number of ether oxygens (including phenoxy) is 2. The van der Waals surface area contributed by atoms with Gasteiger partial charge in [-0.3, -0.25) is 0 Å². The van der Waals surface area contributed by atoms with E-state index in [1.54, 1.807) is 12.0 Å². The molecule has 100 valence electrons. The average molecular weight is 244 g/mol. The third kappa shape index (κ3) is 3.33. The minimum Gasteiger partial charge on any atom is -0.444 e. The monoisotopic (exact) mass is 244 g/mol. The maximum absolute atomic E-state index is 11.7. The van der Waals surface area contributed by atoms with Gasteiger partial charge in [0.25, 0.3) is 0 Å². The molecule has 1 aliphatic heterocycles. The molecule has 1 rings (SSSR count). The first kappa shape index (κ1) is 14.3. The van der Waals surface area contributed by atoms with Gasteiger partial charge < -0.3 is 20.1 Å². The van der Waals surface area contributed by atoms with Gasteiger partial charge in [-0.05, 0) is 27.7 Å². The summed E-state index contributed by atoms with van der Waals surface area (Å²) in [7, 11) is 1.66. The van der Waals surface area contributed by atoms with Gasteiger partial charge >= 0.3 is 6.09 Å². The van der Waals surface area contributed by atoms with Crippen LogP contribution in [-0.2, 0) is 9.47 Å². The number of nitrogens with zero attached hydrogens (tertiary/aromatic N) is 1. The van der Waals surface area contributed by atoms with Crippen molar-refractivity contribution in [3.8, 4) is 0 Å². The molecule has 0 radical (unpaired) electrons. The molecule has 1 fully saturated rings. The number of nitrogens with two attached hydrogens (primary N) is 1. The number of hydrogen-bond acceptors (Lipinski definition) is 4. The highest BCUT2D eigenvalue weighted by Gasteiger charge is 2.44. The average Bonchev–Trinajstić information content (AvgIpc) is 2.12. The van der Waals surface area contributed by atoms with Crippen LogP contribution in [0.3, 0.4) is 0 Å². The third-order valence-corrected chi connectivity index (χ3v) is 3.27. The lowest BCUT2D eigenvalue weighted by Gasteiger charge is -2.47. The highest BCUT2D eigenvalue weighted by Crippen LogP contribution is 2.30. The van der Waals surface area contributed by atoms with Crippen LogP contribution in [0.1, 0.15) is 27.7 Å². The van der Waals surface area contributed by atoms with Crippen LogP contribution in [-0.4, -0.2) is 48.9 Å². The minimum absolute atomic E-state index is 0.260. The van der Waals surface area contributed by atoms with E-state index in [4.69, 9.17) is 15.2 Å². The van der Waals surface area contributed by atoms with Gasteiger partial charge in [0.15, 0.2) is 0 Å². The van der Waals surface area contributed by atoms with Gasteiger partial charge in [0.05, 0.1) is 5.60 Å². The first-order chi connectivity index (χ1) is 7.72. The van der Waals surface area contributed by atoms with Crippen molar-refractivity contribution in [2.45, 2.75) is 38.9 Å². The second-order valence-electron chi connectivity index (χ2n) is 5.80. The number of methoxy groups -OCH3 is 1. The van der Waals surface area contributed by atoms with Crippen molar-refractivity contribution >= 4 is 6.09 Å². The Morgan fingerprint density at radius 2 is 1.88 bits per heavy atom. The molecule has 0 aromatic heterocycles. The van der Waals surface area contributed by atoms with Crippen LogP contribution >= 0.6 is 0 Å². The summed E-state index contributed by atoms with van der Waals surface area (Å²) in [5, 5.41) is 0. The summed E-state index contributed by atoms with van der Waals surface area (Å²) in [4.78, 5) is 13.4. The van der Waals surface area contributed by atoms with Gasteiger partial charge in [-0.1, -0.05) is 0 Å². The summed E-state index contributed by atoms with van der Waals surface area (Å²) < 4.78 is 10.7. The van der Waals surface area contributed by atoms with Crippen molar-refractivity contribution in [1.82, 2.24) is 4.90 Å². The maximum Gasteiger partial charge on any atom is 0.410 e. The van der Waals surface area contributed by atoms with Crippen molar-refractivity contribution in [1.29, 1.82) is 0 Å². The quantitative estimate of drug-likeness (QED) is 0.810. The molecule has 1 atom stereocenters. The first-order valence-corrected chi connectivity index (χ1v) is 5.95. The summed E-state index contributed by atoms with van der Waals surface area (Å²) in [6, 6.07) is 0. The molecule has 1 unspecified atom stereocenters. The number of rotatable bonds is 3. The van der Waals surface area contributed by atoms with Crippen molar-refractivity contribution in [2.24, 2.45) is 11.7 Å². The predicted molar refractivity (Wildman–Crippen MR) is 65.8 cm³/mol. The van der Waals surface area contributed by atoms with Crippen molar-refractivity contribution in [3.63, 3.8) is 0 Å². The van der Waals surface area contributed by atoms with Crippen molar-refractivity contribution in [3.05, 3.63) is 0 Å². The molecule has 5 nitrogen and oxygen atoms in total. The van der Waals surface area contributed by atoms with Crippen molar-refractivity contribution < 1.29 is 14.3 Å². The molecule has 0 aromatic carbocycles. The summed E-state index contributed by atoms with van der Waals surface area (Å²) >= 11 is 0. The molecule has 5 heteroatoms. The topological polar surface area (TPSA) is 64.8 Å². The summed E-state index contributed by atoms with van der Waals surface area (Å²) in [6.45, 7) is 9.32. The standard InChI is InChI=1S/C12H24N2O3/c1-11(2,3)17-10(15)14-6-9(7-14)12(4,8-13)16-5/h9H,6-8,13H2,1-5H3. The van der Waals surface area contributed by atoms with E-state index in [0.29, 0.717) is 19.6 Å². The molecule has 0 saturated carbocycles. The fourth-order valence-corrected chi connectivity index (χ4v) is 1.76. The Balaban J connectivity index is 2.44. The largest absolute Gasteiger partial charge is 0.444 e. The summed E-state index contributed by atoms with van der Waals surface area (Å²) in [5.41, 5.74) is 4.90. The van der Waals surface area contributed by atoms with Crippen LogP contribution in [0.15, 0.2) is 0 Å². The Morgan fingerprint density at radius 1 is 1.35 bits per heavy atom. The number of carbonyl (C=O) groups excluding carboxylic acids is 1. The smallest absolute Gasteiger partial charge is 0.410 e. The molecular formula is C12H24N2O3. The Labute approximate surface area is 103 Å². The Morgan fingerprint density at radius 3 is 2.24 bits per heavy atom. The number of likely N-dealkylation sites (tertiary alicyclic amines) is 1. The fraction of sp³-hybridized carbons (Fsp3) is 0.917. The van der Waals surface area contributed by atoms with Gasteiger partial charge in [0.1, 0.15) is 5.60 Å². The predicted octanol–water partition coefficient (Wildman–Crippen LogP) is 1.22. The zero-order valence-electron chi connectivity index (χ0n) is 11.4. The fourth-order valence-electron chi connectivity index (χ4n) is 1.76. The second-order valence-corrected chi connectivity index (χ2v) is 5.80. The van der Waals surface area contributed by atoms with Crippen LogP contribution in [0, 0.1) is 5.92 Å². The van der Waals surface area contributed by atoms with Crippen LogP contribution in [0.2, 0.25) is 0 Å². The van der Waals surface area contributed by atoms with Crippen molar-refractivity contribution in [2.75, 3.05) is 26.7 Å². The maximum atomic E-state index is 11.7. The van der Waals surface area contributed by atoms with Crippen LogP contribution in [0.5, 0.6) is 0 Å². The minimum atomic E-state index is -0.444. The van der Waals surface area contributed by atoms with Gasteiger partial charge in [0, 0.05) is 32.7 Å². The first-order valence-electron chi connectivity index (χ1n) is 5.95. The van der Waals surface area contributed by atoms with E-state index in [2.05, 4.69) is 0 Å². The van der Waals surface area contributed by atoms with E-state index in [1.165, 1.54) is 0 Å². The lowest BCUT2D eigenvalue weighted by Crippen LogP contribution is -2.61. The SMILES string of the molecule is COC(C)(CN)C1CN(C(=O)OC(C)(C)C)C1. The zero-order valence-corrected chi connectivity index (χ0v) is 11.4. The van der Waals surface area contributed by atoms with E-state index < -0.39 is 5.60 Å². The van der Waals surface area contributed by atoms with E-state index in [1.807, 2.05) is 27.7 Å². The van der Waals surface area contributed by atoms with Crippen LogP contribution in [0.4, 0.5) is 4.79 Å². The van der Waals surface area contributed by atoms with Gasteiger partial charge in [-0.2, -0.15) is 0 Å². The van der Waals surface area contributed by atoms with Gasteiger partial charge in [-0.25, -0.2) is 4.79 Å². The van der Waals surface area contributed by atoms with Gasteiger partial charge in [-0.15, -0.1) is 0 Å². The molecule has 0 aromatic rings. The van der Waals surface area contributed by atoms with Crippen LogP contribution < -0.4 is 5.73 Å². The molecule has 0 aliphatic carbocycles. The van der Waals surface area contributed by atoms with Crippen LogP contribution in [0.25, 0.3) is 0 Å². The molecule has 2 N–H and O–H groups in total. The molecule has 1 saturated heterocycles. The molecule has 1 amide bonds. The Hall–Kier alpha value is -0.810. The van der Waals surface area contributed by atoms with Gasteiger partial charge in [0.2, 0.25) is 0 Å². The second kappa shape index (κ2) is 4.82. The summed E-state index contributed by atoms with van der Waals surface area (Å²) in [6.07, 6.45) is -0.260. The highest BCUT2D eigenvalue weighted by molar-refractivity contribution is 5.69. The highest BCUT2D eigenvalue weighted by atomic mass is 16.6. The summed E-state index contributed by atoms with van der Waals surface area (Å²) in [5.74, 6) is 0.282. The molecule has 1 heterocycles. The molecule has 1 aliphatic rings. The molecular weight excluding hydrogens is 220 g/mol. The Kier molecular flexibility index (Phi) is 4.04. The molecule has 17 heavy (non-hydrogen) atoms. The van der Waals surface area contributed by atoms with E-state index in [9.17, 15) is 4.79 Å². The molecule has 0 spiro atoms. The number of amides is 1. The van der Waals surface area contributed by atoms with E-state index >= 15 is 0 Å². The number of carbonyl (C=O) groups is 1. The normalized spacial score (nSPS) is 20.7.